The Morgan fingerprint density at radius 1 is 1.20 bits per heavy atom. The lowest BCUT2D eigenvalue weighted by Crippen LogP contribution is -2.25. The summed E-state index contributed by atoms with van der Waals surface area (Å²) in [6.45, 7) is 0.458. The second kappa shape index (κ2) is 7.29. The fraction of sp³-hybridized carbons (Fsp3) is 0.278. The first-order chi connectivity index (χ1) is 12.0. The van der Waals surface area contributed by atoms with Crippen LogP contribution in [-0.2, 0) is 6.42 Å². The molecule has 0 aliphatic heterocycles. The van der Waals surface area contributed by atoms with E-state index in [9.17, 15) is 19.3 Å². The van der Waals surface area contributed by atoms with Crippen molar-refractivity contribution in [3.8, 4) is 0 Å². The molecule has 6 nitrogen and oxygen atoms in total. The first kappa shape index (κ1) is 16.9. The van der Waals surface area contributed by atoms with Gasteiger partial charge in [0.25, 0.3) is 11.6 Å². The van der Waals surface area contributed by atoms with Crippen LogP contribution in [0.25, 0.3) is 0 Å². The van der Waals surface area contributed by atoms with Crippen molar-refractivity contribution < 1.29 is 14.1 Å². The minimum absolute atomic E-state index is 0.137. The Morgan fingerprint density at radius 2 is 1.92 bits per heavy atom. The summed E-state index contributed by atoms with van der Waals surface area (Å²) in [7, 11) is 0. The van der Waals surface area contributed by atoms with Crippen molar-refractivity contribution >= 4 is 17.3 Å². The van der Waals surface area contributed by atoms with Gasteiger partial charge in [0.05, 0.1) is 4.92 Å². The van der Waals surface area contributed by atoms with E-state index in [0.29, 0.717) is 18.7 Å². The van der Waals surface area contributed by atoms with Crippen molar-refractivity contribution in [3.05, 3.63) is 69.5 Å². The van der Waals surface area contributed by atoms with Gasteiger partial charge in [-0.1, -0.05) is 12.1 Å². The Bertz CT molecular complexity index is 789. The molecular weight excluding hydrogens is 325 g/mol. The number of nitro benzene ring substituents is 1. The number of rotatable bonds is 7. The number of nitrogens with one attached hydrogen (secondary N) is 2. The molecule has 2 aromatic rings. The maximum absolute atomic E-state index is 12.9. The molecule has 0 aromatic heterocycles. The van der Waals surface area contributed by atoms with Gasteiger partial charge in [0.15, 0.2) is 0 Å². The van der Waals surface area contributed by atoms with Crippen LogP contribution in [0.15, 0.2) is 42.5 Å². The molecule has 130 valence electrons. The van der Waals surface area contributed by atoms with Gasteiger partial charge in [0, 0.05) is 24.2 Å². The molecule has 1 aliphatic rings. The van der Waals surface area contributed by atoms with E-state index in [-0.39, 0.29) is 29.0 Å². The average molecular weight is 343 g/mol. The van der Waals surface area contributed by atoms with Crippen LogP contribution >= 0.6 is 0 Å². The number of nitrogens with zero attached hydrogens (tertiary/aromatic N) is 1. The topological polar surface area (TPSA) is 84.3 Å². The summed E-state index contributed by atoms with van der Waals surface area (Å²) in [4.78, 5) is 22.8. The lowest BCUT2D eigenvalue weighted by molar-refractivity contribution is -0.384. The van der Waals surface area contributed by atoms with Crippen molar-refractivity contribution in [1.29, 1.82) is 0 Å². The SMILES string of the molecule is O=C(NC1CC1)c1ccc(NCCc2ccc(F)cc2)c([N+](=O)[O-])c1. The van der Waals surface area contributed by atoms with Crippen molar-refractivity contribution in [3.63, 3.8) is 0 Å². The number of carbonyl (C=O) groups is 1. The van der Waals surface area contributed by atoms with E-state index in [0.717, 1.165) is 18.4 Å². The summed E-state index contributed by atoms with van der Waals surface area (Å²) in [6.07, 6.45) is 2.51. The summed E-state index contributed by atoms with van der Waals surface area (Å²) >= 11 is 0. The zero-order valence-electron chi connectivity index (χ0n) is 13.5. The fourth-order valence-corrected chi connectivity index (χ4v) is 2.46. The Labute approximate surface area is 144 Å². The largest absolute Gasteiger partial charge is 0.379 e. The Balaban J connectivity index is 1.66. The van der Waals surface area contributed by atoms with E-state index >= 15 is 0 Å². The highest BCUT2D eigenvalue weighted by Gasteiger charge is 2.25. The van der Waals surface area contributed by atoms with Crippen molar-refractivity contribution in [2.75, 3.05) is 11.9 Å². The van der Waals surface area contributed by atoms with Crippen molar-refractivity contribution in [1.82, 2.24) is 5.32 Å². The van der Waals surface area contributed by atoms with E-state index in [1.165, 1.54) is 18.2 Å². The van der Waals surface area contributed by atoms with Crippen LogP contribution in [0.2, 0.25) is 0 Å². The summed E-state index contributed by atoms with van der Waals surface area (Å²) in [5, 5.41) is 17.1. The smallest absolute Gasteiger partial charge is 0.293 e. The number of benzene rings is 2. The Kier molecular flexibility index (Phi) is 4.92. The third kappa shape index (κ3) is 4.53. The van der Waals surface area contributed by atoms with E-state index in [1.54, 1.807) is 24.3 Å². The van der Waals surface area contributed by atoms with E-state index < -0.39 is 4.92 Å². The minimum atomic E-state index is -0.506. The van der Waals surface area contributed by atoms with Gasteiger partial charge in [-0.3, -0.25) is 14.9 Å². The molecular formula is C18H18FN3O3. The monoisotopic (exact) mass is 343 g/mol. The van der Waals surface area contributed by atoms with Crippen LogP contribution in [0.5, 0.6) is 0 Å². The first-order valence-electron chi connectivity index (χ1n) is 8.10. The number of halogens is 1. The third-order valence-electron chi connectivity index (χ3n) is 4.01. The summed E-state index contributed by atoms with van der Waals surface area (Å²) in [5.74, 6) is -0.587. The number of anilines is 1. The highest BCUT2D eigenvalue weighted by Crippen LogP contribution is 2.26. The molecule has 3 rings (SSSR count). The van der Waals surface area contributed by atoms with Crippen LogP contribution < -0.4 is 10.6 Å². The Hall–Kier alpha value is -2.96. The predicted molar refractivity (Wildman–Crippen MR) is 92.2 cm³/mol. The number of carbonyl (C=O) groups excluding carboxylic acids is 1. The summed E-state index contributed by atoms with van der Waals surface area (Å²) in [5.41, 5.74) is 1.43. The molecule has 25 heavy (non-hydrogen) atoms. The molecule has 1 amide bonds. The zero-order valence-corrected chi connectivity index (χ0v) is 13.5. The molecule has 0 unspecified atom stereocenters. The second-order valence-electron chi connectivity index (χ2n) is 6.04. The quantitative estimate of drug-likeness (QED) is 0.597. The predicted octanol–water partition coefficient (Wildman–Crippen LogP) is 3.28. The second-order valence-corrected chi connectivity index (χ2v) is 6.04. The van der Waals surface area contributed by atoms with Crippen LogP contribution in [0.4, 0.5) is 15.8 Å². The zero-order chi connectivity index (χ0) is 17.8. The van der Waals surface area contributed by atoms with Crippen LogP contribution in [-0.4, -0.2) is 23.4 Å². The van der Waals surface area contributed by atoms with Gasteiger partial charge in [-0.2, -0.15) is 0 Å². The number of amides is 1. The summed E-state index contributed by atoms with van der Waals surface area (Å²) < 4.78 is 12.9. The van der Waals surface area contributed by atoms with E-state index in [4.69, 9.17) is 0 Å². The lowest BCUT2D eigenvalue weighted by Gasteiger charge is -2.09. The highest BCUT2D eigenvalue weighted by molar-refractivity contribution is 5.96. The standard InChI is InChI=1S/C18H18FN3O3/c19-14-4-1-12(2-5-14)9-10-20-16-8-3-13(11-17(16)22(24)25)18(23)21-15-6-7-15/h1-5,8,11,15,20H,6-7,9-10H2,(H,21,23). The molecule has 1 fully saturated rings. The fourth-order valence-electron chi connectivity index (χ4n) is 2.46. The van der Waals surface area contributed by atoms with Crippen molar-refractivity contribution in [2.45, 2.75) is 25.3 Å². The molecule has 1 saturated carbocycles. The van der Waals surface area contributed by atoms with Gasteiger partial charge in [-0.05, 0) is 49.1 Å². The number of nitro groups is 1. The number of hydrogen-bond acceptors (Lipinski definition) is 4. The average Bonchev–Trinajstić information content (AvgIpc) is 3.40. The normalized spacial score (nSPS) is 13.3. The van der Waals surface area contributed by atoms with Gasteiger partial charge in [0.2, 0.25) is 0 Å². The molecule has 7 heteroatoms. The third-order valence-corrected chi connectivity index (χ3v) is 4.01. The lowest BCUT2D eigenvalue weighted by atomic mass is 10.1. The molecule has 0 heterocycles. The molecule has 0 spiro atoms. The Morgan fingerprint density at radius 3 is 2.56 bits per heavy atom. The maximum atomic E-state index is 12.9. The van der Waals surface area contributed by atoms with Gasteiger partial charge in [-0.15, -0.1) is 0 Å². The molecule has 2 N–H and O–H groups in total. The van der Waals surface area contributed by atoms with Crippen LogP contribution in [0, 0.1) is 15.9 Å². The van der Waals surface area contributed by atoms with Gasteiger partial charge < -0.3 is 10.6 Å². The molecule has 2 aromatic carbocycles. The number of hydrogen-bond donors (Lipinski definition) is 2. The van der Waals surface area contributed by atoms with Gasteiger partial charge in [0.1, 0.15) is 11.5 Å². The highest BCUT2D eigenvalue weighted by atomic mass is 19.1. The summed E-state index contributed by atoms with van der Waals surface area (Å²) in [6, 6.07) is 10.7. The molecule has 1 aliphatic carbocycles. The van der Waals surface area contributed by atoms with Gasteiger partial charge in [-0.25, -0.2) is 4.39 Å². The van der Waals surface area contributed by atoms with Crippen LogP contribution in [0.3, 0.4) is 0 Å². The van der Waals surface area contributed by atoms with E-state index in [2.05, 4.69) is 10.6 Å². The molecule has 0 atom stereocenters. The van der Waals surface area contributed by atoms with Crippen LogP contribution in [0.1, 0.15) is 28.8 Å². The maximum Gasteiger partial charge on any atom is 0.293 e. The van der Waals surface area contributed by atoms with Gasteiger partial charge >= 0.3 is 0 Å². The minimum Gasteiger partial charge on any atom is -0.379 e. The van der Waals surface area contributed by atoms with Crippen molar-refractivity contribution in [2.24, 2.45) is 0 Å². The molecule has 0 bridgehead atoms. The first-order valence-corrected chi connectivity index (χ1v) is 8.10. The van der Waals surface area contributed by atoms with E-state index in [1.807, 2.05) is 0 Å². The molecule has 0 saturated heterocycles. The molecule has 0 radical (unpaired) electrons.